The molecule has 5 nitrogen and oxygen atoms in total. The third-order valence-electron chi connectivity index (χ3n) is 3.39. The van der Waals surface area contributed by atoms with E-state index in [1.807, 2.05) is 24.3 Å². The molecular formula is C12H13N3O2. The zero-order valence-corrected chi connectivity index (χ0v) is 9.18. The van der Waals surface area contributed by atoms with Crippen LogP contribution in [0.2, 0.25) is 0 Å². The molecule has 1 aliphatic heterocycles. The highest BCUT2D eigenvalue weighted by Crippen LogP contribution is 2.31. The summed E-state index contributed by atoms with van der Waals surface area (Å²) in [5.74, 6) is -1.16. The fourth-order valence-electron chi connectivity index (χ4n) is 2.50. The fourth-order valence-corrected chi connectivity index (χ4v) is 2.50. The van der Waals surface area contributed by atoms with E-state index in [0.29, 0.717) is 13.1 Å². The molecule has 2 atom stereocenters. The van der Waals surface area contributed by atoms with Crippen LogP contribution in [0.15, 0.2) is 24.3 Å². The number of rotatable bonds is 2. The summed E-state index contributed by atoms with van der Waals surface area (Å²) >= 11 is 0. The van der Waals surface area contributed by atoms with Crippen molar-refractivity contribution in [1.29, 1.82) is 0 Å². The SMILES string of the molecule is O=C(O)C1CNCC1c1[nH]nc2ccccc12. The van der Waals surface area contributed by atoms with Crippen molar-refractivity contribution in [3.05, 3.63) is 30.0 Å². The van der Waals surface area contributed by atoms with E-state index in [0.717, 1.165) is 16.6 Å². The lowest BCUT2D eigenvalue weighted by molar-refractivity contribution is -0.141. The van der Waals surface area contributed by atoms with Crippen LogP contribution in [-0.2, 0) is 4.79 Å². The average molecular weight is 231 g/mol. The van der Waals surface area contributed by atoms with Gasteiger partial charge in [0.1, 0.15) is 0 Å². The van der Waals surface area contributed by atoms with Crippen molar-refractivity contribution < 1.29 is 9.90 Å². The summed E-state index contributed by atoms with van der Waals surface area (Å²) in [6.45, 7) is 1.20. The average Bonchev–Trinajstić information content (AvgIpc) is 2.94. The number of para-hydroxylation sites is 1. The number of hydrogen-bond donors (Lipinski definition) is 3. The maximum absolute atomic E-state index is 11.2. The number of H-pyrrole nitrogens is 1. The summed E-state index contributed by atoms with van der Waals surface area (Å²) in [7, 11) is 0. The maximum Gasteiger partial charge on any atom is 0.308 e. The highest BCUT2D eigenvalue weighted by atomic mass is 16.4. The topological polar surface area (TPSA) is 78.0 Å². The van der Waals surface area contributed by atoms with E-state index in [2.05, 4.69) is 15.5 Å². The third kappa shape index (κ3) is 1.59. The summed E-state index contributed by atoms with van der Waals surface area (Å²) < 4.78 is 0. The van der Waals surface area contributed by atoms with Gasteiger partial charge >= 0.3 is 5.97 Å². The molecular weight excluding hydrogens is 218 g/mol. The van der Waals surface area contributed by atoms with Gasteiger partial charge < -0.3 is 10.4 Å². The number of benzene rings is 1. The molecule has 1 fully saturated rings. The maximum atomic E-state index is 11.2. The van der Waals surface area contributed by atoms with Crippen molar-refractivity contribution in [3.63, 3.8) is 0 Å². The van der Waals surface area contributed by atoms with Crippen molar-refractivity contribution in [2.24, 2.45) is 5.92 Å². The van der Waals surface area contributed by atoms with Crippen molar-refractivity contribution in [2.75, 3.05) is 13.1 Å². The molecule has 2 heterocycles. The molecule has 5 heteroatoms. The normalized spacial score (nSPS) is 24.2. The van der Waals surface area contributed by atoms with Gasteiger partial charge in [0.25, 0.3) is 0 Å². The molecule has 1 aromatic carbocycles. The van der Waals surface area contributed by atoms with Crippen LogP contribution in [0.25, 0.3) is 10.9 Å². The Morgan fingerprint density at radius 1 is 1.35 bits per heavy atom. The minimum Gasteiger partial charge on any atom is -0.481 e. The van der Waals surface area contributed by atoms with Gasteiger partial charge in [-0.3, -0.25) is 9.89 Å². The number of aliphatic carboxylic acids is 1. The van der Waals surface area contributed by atoms with Crippen LogP contribution in [0.4, 0.5) is 0 Å². The molecule has 2 unspecified atom stereocenters. The predicted octanol–water partition coefficient (Wildman–Crippen LogP) is 0.950. The van der Waals surface area contributed by atoms with E-state index < -0.39 is 5.97 Å². The fraction of sp³-hybridized carbons (Fsp3) is 0.333. The summed E-state index contributed by atoms with van der Waals surface area (Å²) in [5, 5.41) is 20.5. The van der Waals surface area contributed by atoms with E-state index in [1.165, 1.54) is 0 Å². The van der Waals surface area contributed by atoms with E-state index in [-0.39, 0.29) is 11.8 Å². The first kappa shape index (κ1) is 10.3. The minimum absolute atomic E-state index is 0.0279. The first-order valence-corrected chi connectivity index (χ1v) is 5.64. The van der Waals surface area contributed by atoms with Gasteiger partial charge in [-0.2, -0.15) is 5.10 Å². The second kappa shape index (κ2) is 3.85. The zero-order chi connectivity index (χ0) is 11.8. The Balaban J connectivity index is 2.06. The van der Waals surface area contributed by atoms with E-state index in [9.17, 15) is 9.90 Å². The number of hydrogen-bond acceptors (Lipinski definition) is 3. The molecule has 0 radical (unpaired) electrons. The third-order valence-corrected chi connectivity index (χ3v) is 3.39. The van der Waals surface area contributed by atoms with Gasteiger partial charge in [0.2, 0.25) is 0 Å². The first-order valence-electron chi connectivity index (χ1n) is 5.64. The number of nitrogens with one attached hydrogen (secondary N) is 2. The van der Waals surface area contributed by atoms with Crippen LogP contribution in [0, 0.1) is 5.92 Å². The smallest absolute Gasteiger partial charge is 0.308 e. The number of nitrogens with zero attached hydrogens (tertiary/aromatic N) is 1. The molecule has 1 aromatic heterocycles. The quantitative estimate of drug-likeness (QED) is 0.719. The van der Waals surface area contributed by atoms with Gasteiger partial charge in [0.15, 0.2) is 0 Å². The molecule has 3 N–H and O–H groups in total. The minimum atomic E-state index is -0.751. The molecule has 88 valence electrons. The van der Waals surface area contributed by atoms with E-state index >= 15 is 0 Å². The van der Waals surface area contributed by atoms with Gasteiger partial charge in [-0.25, -0.2) is 0 Å². The van der Waals surface area contributed by atoms with Gasteiger partial charge in [-0.05, 0) is 6.07 Å². The van der Waals surface area contributed by atoms with Crippen molar-refractivity contribution in [3.8, 4) is 0 Å². The van der Waals surface area contributed by atoms with Gasteiger partial charge in [-0.1, -0.05) is 18.2 Å². The monoisotopic (exact) mass is 231 g/mol. The van der Waals surface area contributed by atoms with E-state index in [4.69, 9.17) is 0 Å². The Hall–Kier alpha value is -1.88. The second-order valence-electron chi connectivity index (χ2n) is 4.36. The lowest BCUT2D eigenvalue weighted by Gasteiger charge is -2.12. The molecule has 17 heavy (non-hydrogen) atoms. The van der Waals surface area contributed by atoms with Crippen molar-refractivity contribution >= 4 is 16.9 Å². The molecule has 0 saturated carbocycles. The van der Waals surface area contributed by atoms with Crippen LogP contribution in [0.3, 0.4) is 0 Å². The number of carboxylic acids is 1. The zero-order valence-electron chi connectivity index (χ0n) is 9.18. The summed E-state index contributed by atoms with van der Waals surface area (Å²) in [6.07, 6.45) is 0. The van der Waals surface area contributed by atoms with Crippen molar-refractivity contribution in [2.45, 2.75) is 5.92 Å². The number of fused-ring (bicyclic) bond motifs is 1. The molecule has 1 saturated heterocycles. The van der Waals surface area contributed by atoms with Gasteiger partial charge in [0.05, 0.1) is 11.4 Å². The van der Waals surface area contributed by atoms with E-state index in [1.54, 1.807) is 0 Å². The summed E-state index contributed by atoms with van der Waals surface area (Å²) in [4.78, 5) is 11.2. The molecule has 0 spiro atoms. The molecule has 1 aliphatic rings. The molecule has 3 rings (SSSR count). The molecule has 0 amide bonds. The standard InChI is InChI=1S/C12H13N3O2/c16-12(17)9-6-13-5-8(9)11-7-3-1-2-4-10(7)14-15-11/h1-4,8-9,13H,5-6H2,(H,14,15)(H,16,17). The highest BCUT2D eigenvalue weighted by molar-refractivity contribution is 5.83. The summed E-state index contributed by atoms with van der Waals surface area (Å²) in [6, 6.07) is 7.77. The Kier molecular flexibility index (Phi) is 2.33. The van der Waals surface area contributed by atoms with Gasteiger partial charge in [0, 0.05) is 30.1 Å². The molecule has 0 aliphatic carbocycles. The van der Waals surface area contributed by atoms with Crippen molar-refractivity contribution in [1.82, 2.24) is 15.5 Å². The Morgan fingerprint density at radius 3 is 3.00 bits per heavy atom. The van der Waals surface area contributed by atoms with Crippen LogP contribution < -0.4 is 5.32 Å². The number of aromatic nitrogens is 2. The first-order chi connectivity index (χ1) is 8.27. The van der Waals surface area contributed by atoms with Crippen LogP contribution in [0.5, 0.6) is 0 Å². The highest BCUT2D eigenvalue weighted by Gasteiger charge is 2.35. The number of aromatic amines is 1. The summed E-state index contributed by atoms with van der Waals surface area (Å²) in [5.41, 5.74) is 1.82. The number of carboxylic acid groups (broad SMARTS) is 1. The molecule has 2 aromatic rings. The number of carbonyl (C=O) groups is 1. The van der Waals surface area contributed by atoms with Crippen LogP contribution in [-0.4, -0.2) is 34.4 Å². The largest absolute Gasteiger partial charge is 0.481 e. The Morgan fingerprint density at radius 2 is 2.18 bits per heavy atom. The lowest BCUT2D eigenvalue weighted by Crippen LogP contribution is -2.21. The van der Waals surface area contributed by atoms with Crippen LogP contribution >= 0.6 is 0 Å². The predicted molar refractivity (Wildman–Crippen MR) is 62.8 cm³/mol. The second-order valence-corrected chi connectivity index (χ2v) is 4.36. The van der Waals surface area contributed by atoms with Gasteiger partial charge in [-0.15, -0.1) is 0 Å². The Labute approximate surface area is 97.8 Å². The Bertz CT molecular complexity index is 564. The van der Waals surface area contributed by atoms with Crippen LogP contribution in [0.1, 0.15) is 11.6 Å². The lowest BCUT2D eigenvalue weighted by atomic mass is 9.91. The molecule has 0 bridgehead atoms.